The van der Waals surface area contributed by atoms with Crippen LogP contribution in [0.2, 0.25) is 0 Å². The molecule has 0 unspecified atom stereocenters. The lowest BCUT2D eigenvalue weighted by molar-refractivity contribution is 0.602. The molecule has 0 aliphatic rings. The quantitative estimate of drug-likeness (QED) is 0.767. The maximum absolute atomic E-state index is 11.1. The Morgan fingerprint density at radius 2 is 2.00 bits per heavy atom. The Balaban J connectivity index is 3.47. The van der Waals surface area contributed by atoms with E-state index in [0.717, 1.165) is 6.26 Å². The van der Waals surface area contributed by atoms with E-state index in [1.165, 1.54) is 6.07 Å². The molecule has 2 N–H and O–H groups in total. The molecule has 0 fully saturated rings. The molecular weight excluding hydrogens is 242 g/mol. The Bertz CT molecular complexity index is 400. The maximum Gasteiger partial charge on any atom is 0.177 e. The smallest absolute Gasteiger partial charge is 0.177 e. The molecule has 5 heteroatoms. The molecular formula is C7H8BrNO2S. The summed E-state index contributed by atoms with van der Waals surface area (Å²) in [6.07, 6.45) is 1.13. The lowest BCUT2D eigenvalue weighted by atomic mass is 10.3. The second kappa shape index (κ2) is 3.06. The first-order chi connectivity index (χ1) is 5.43. The van der Waals surface area contributed by atoms with Crippen molar-refractivity contribution in [2.75, 3.05) is 12.0 Å². The molecule has 1 aromatic rings. The minimum absolute atomic E-state index is 0.164. The molecule has 0 saturated heterocycles. The normalized spacial score (nSPS) is 11.5. The van der Waals surface area contributed by atoms with Gasteiger partial charge in [-0.15, -0.1) is 0 Å². The number of rotatable bonds is 1. The number of nitrogens with two attached hydrogens (primary N) is 1. The van der Waals surface area contributed by atoms with Crippen LogP contribution >= 0.6 is 15.9 Å². The Labute approximate surface area is 79.6 Å². The number of anilines is 1. The van der Waals surface area contributed by atoms with Crippen LogP contribution in [0.5, 0.6) is 0 Å². The van der Waals surface area contributed by atoms with Gasteiger partial charge < -0.3 is 5.73 Å². The van der Waals surface area contributed by atoms with Crippen molar-refractivity contribution in [2.45, 2.75) is 4.90 Å². The van der Waals surface area contributed by atoms with Crippen molar-refractivity contribution in [1.29, 1.82) is 0 Å². The van der Waals surface area contributed by atoms with Crippen LogP contribution in [0.25, 0.3) is 0 Å². The van der Waals surface area contributed by atoms with E-state index >= 15 is 0 Å². The minimum atomic E-state index is -3.21. The number of nitrogen functional groups attached to an aromatic ring is 1. The molecule has 1 aromatic carbocycles. The first-order valence-corrected chi connectivity index (χ1v) is 5.85. The van der Waals surface area contributed by atoms with Crippen LogP contribution < -0.4 is 5.73 Å². The Kier molecular flexibility index (Phi) is 2.44. The highest BCUT2D eigenvalue weighted by Crippen LogP contribution is 2.26. The fourth-order valence-electron chi connectivity index (χ4n) is 0.841. The number of halogens is 1. The second-order valence-electron chi connectivity index (χ2n) is 2.42. The van der Waals surface area contributed by atoms with Gasteiger partial charge in [0.2, 0.25) is 0 Å². The van der Waals surface area contributed by atoms with Gasteiger partial charge >= 0.3 is 0 Å². The SMILES string of the molecule is CS(=O)(=O)c1cccc(Br)c1N. The summed E-state index contributed by atoms with van der Waals surface area (Å²) in [7, 11) is -3.21. The third kappa shape index (κ3) is 1.78. The van der Waals surface area contributed by atoms with Gasteiger partial charge in [-0.1, -0.05) is 6.07 Å². The van der Waals surface area contributed by atoms with E-state index < -0.39 is 9.84 Å². The van der Waals surface area contributed by atoms with Crippen LogP contribution in [0.15, 0.2) is 27.6 Å². The van der Waals surface area contributed by atoms with Crippen molar-refractivity contribution in [3.63, 3.8) is 0 Å². The molecule has 0 spiro atoms. The molecule has 0 aliphatic heterocycles. The highest BCUT2D eigenvalue weighted by molar-refractivity contribution is 9.10. The van der Waals surface area contributed by atoms with E-state index in [-0.39, 0.29) is 10.6 Å². The molecule has 1 rings (SSSR count). The Morgan fingerprint density at radius 1 is 1.42 bits per heavy atom. The van der Waals surface area contributed by atoms with Crippen molar-refractivity contribution < 1.29 is 8.42 Å². The first kappa shape index (κ1) is 9.54. The topological polar surface area (TPSA) is 60.2 Å². The summed E-state index contributed by atoms with van der Waals surface area (Å²) in [6, 6.07) is 4.82. The number of benzene rings is 1. The fraction of sp³-hybridized carbons (Fsp3) is 0.143. The molecule has 0 atom stereocenters. The second-order valence-corrected chi connectivity index (χ2v) is 5.26. The maximum atomic E-state index is 11.1. The van der Waals surface area contributed by atoms with Crippen molar-refractivity contribution in [3.8, 4) is 0 Å². The van der Waals surface area contributed by atoms with E-state index in [2.05, 4.69) is 15.9 Å². The number of hydrogen-bond donors (Lipinski definition) is 1. The third-order valence-corrected chi connectivity index (χ3v) is 3.26. The van der Waals surface area contributed by atoms with Crippen LogP contribution in [0.4, 0.5) is 5.69 Å². The molecule has 66 valence electrons. The average Bonchev–Trinajstić information content (AvgIpc) is 1.92. The molecule has 0 aliphatic carbocycles. The highest BCUT2D eigenvalue weighted by Gasteiger charge is 2.12. The summed E-state index contributed by atoms with van der Waals surface area (Å²) >= 11 is 3.15. The molecule has 0 amide bonds. The monoisotopic (exact) mass is 249 g/mol. The van der Waals surface area contributed by atoms with Gasteiger partial charge in [0.15, 0.2) is 9.84 Å². The van der Waals surface area contributed by atoms with Crippen molar-refractivity contribution in [3.05, 3.63) is 22.7 Å². The van der Waals surface area contributed by atoms with E-state index in [4.69, 9.17) is 5.73 Å². The third-order valence-electron chi connectivity index (χ3n) is 1.41. The van der Waals surface area contributed by atoms with Crippen LogP contribution in [0, 0.1) is 0 Å². The van der Waals surface area contributed by atoms with Crippen LogP contribution in [0.1, 0.15) is 0 Å². The van der Waals surface area contributed by atoms with Crippen molar-refractivity contribution in [1.82, 2.24) is 0 Å². The van der Waals surface area contributed by atoms with Gasteiger partial charge in [0.05, 0.1) is 10.6 Å². The Morgan fingerprint density at radius 3 is 2.42 bits per heavy atom. The molecule has 3 nitrogen and oxygen atoms in total. The zero-order valence-electron chi connectivity index (χ0n) is 6.41. The van der Waals surface area contributed by atoms with E-state index in [1.807, 2.05) is 0 Å². The highest BCUT2D eigenvalue weighted by atomic mass is 79.9. The lowest BCUT2D eigenvalue weighted by Gasteiger charge is -2.03. The van der Waals surface area contributed by atoms with Gasteiger partial charge in [-0.25, -0.2) is 8.42 Å². The van der Waals surface area contributed by atoms with Gasteiger partial charge in [-0.2, -0.15) is 0 Å². The molecule has 0 aromatic heterocycles. The zero-order chi connectivity index (χ0) is 9.35. The summed E-state index contributed by atoms with van der Waals surface area (Å²) in [5.74, 6) is 0. The van der Waals surface area contributed by atoms with Gasteiger partial charge in [-0.05, 0) is 28.1 Å². The van der Waals surface area contributed by atoms with Gasteiger partial charge in [-0.3, -0.25) is 0 Å². The first-order valence-electron chi connectivity index (χ1n) is 3.17. The van der Waals surface area contributed by atoms with Crippen molar-refractivity contribution >= 4 is 31.5 Å². The summed E-state index contributed by atoms with van der Waals surface area (Å²) in [4.78, 5) is 0.164. The number of sulfone groups is 1. The predicted molar refractivity (Wildman–Crippen MR) is 51.7 cm³/mol. The van der Waals surface area contributed by atoms with Crippen LogP contribution in [-0.4, -0.2) is 14.7 Å². The summed E-state index contributed by atoms with van der Waals surface area (Å²) in [5, 5.41) is 0. The molecule has 12 heavy (non-hydrogen) atoms. The average molecular weight is 250 g/mol. The standard InChI is InChI=1S/C7H8BrNO2S/c1-12(10,11)6-4-2-3-5(8)7(6)9/h2-4H,9H2,1H3. The Hall–Kier alpha value is -0.550. The van der Waals surface area contributed by atoms with E-state index in [0.29, 0.717) is 4.47 Å². The summed E-state index contributed by atoms with van der Waals surface area (Å²) in [5.41, 5.74) is 5.81. The van der Waals surface area contributed by atoms with Crippen molar-refractivity contribution in [2.24, 2.45) is 0 Å². The molecule has 0 bridgehead atoms. The number of hydrogen-bond acceptors (Lipinski definition) is 3. The number of para-hydroxylation sites is 1. The van der Waals surface area contributed by atoms with Gasteiger partial charge in [0.1, 0.15) is 0 Å². The van der Waals surface area contributed by atoms with E-state index in [9.17, 15) is 8.42 Å². The lowest BCUT2D eigenvalue weighted by Crippen LogP contribution is -2.02. The summed E-state index contributed by atoms with van der Waals surface area (Å²) in [6.45, 7) is 0. The van der Waals surface area contributed by atoms with Gasteiger partial charge in [0, 0.05) is 10.7 Å². The predicted octanol–water partition coefficient (Wildman–Crippen LogP) is 1.43. The van der Waals surface area contributed by atoms with Gasteiger partial charge in [0.25, 0.3) is 0 Å². The summed E-state index contributed by atoms with van der Waals surface area (Å²) < 4.78 is 22.8. The van der Waals surface area contributed by atoms with Crippen LogP contribution in [-0.2, 0) is 9.84 Å². The minimum Gasteiger partial charge on any atom is -0.397 e. The molecule has 0 radical (unpaired) electrons. The van der Waals surface area contributed by atoms with Crippen LogP contribution in [0.3, 0.4) is 0 Å². The zero-order valence-corrected chi connectivity index (χ0v) is 8.81. The molecule has 0 heterocycles. The largest absolute Gasteiger partial charge is 0.397 e. The molecule has 0 saturated carbocycles. The fourth-order valence-corrected chi connectivity index (χ4v) is 2.17. The van der Waals surface area contributed by atoms with E-state index in [1.54, 1.807) is 12.1 Å².